The van der Waals surface area contributed by atoms with E-state index < -0.39 is 0 Å². The molecule has 0 fully saturated rings. The molecule has 0 spiro atoms. The highest BCUT2D eigenvalue weighted by molar-refractivity contribution is 5.17. The lowest BCUT2D eigenvalue weighted by Crippen LogP contribution is -2.42. The molecular formula is C20H28N2. The average Bonchev–Trinajstić information content (AvgIpc) is 2.55. The van der Waals surface area contributed by atoms with Gasteiger partial charge < -0.3 is 11.5 Å². The van der Waals surface area contributed by atoms with Crippen molar-refractivity contribution in [3.8, 4) is 0 Å². The van der Waals surface area contributed by atoms with Crippen molar-refractivity contribution in [2.24, 2.45) is 23.3 Å². The molecule has 2 aromatic rings. The third kappa shape index (κ3) is 4.69. The van der Waals surface area contributed by atoms with Crippen LogP contribution in [0.3, 0.4) is 0 Å². The summed E-state index contributed by atoms with van der Waals surface area (Å²) >= 11 is 0. The predicted octanol–water partition coefficient (Wildman–Crippen LogP) is 3.40. The Kier molecular flexibility index (Phi) is 6.17. The van der Waals surface area contributed by atoms with Crippen LogP contribution >= 0.6 is 0 Å². The van der Waals surface area contributed by atoms with Crippen LogP contribution in [0.2, 0.25) is 0 Å². The first-order valence-corrected chi connectivity index (χ1v) is 8.17. The Morgan fingerprint density at radius 1 is 0.636 bits per heavy atom. The van der Waals surface area contributed by atoms with Crippen molar-refractivity contribution in [2.45, 2.75) is 38.8 Å². The second kappa shape index (κ2) is 8.11. The summed E-state index contributed by atoms with van der Waals surface area (Å²) in [6.45, 7) is 4.45. The van der Waals surface area contributed by atoms with E-state index in [2.05, 4.69) is 62.4 Å². The number of benzene rings is 2. The second-order valence-electron chi connectivity index (χ2n) is 6.43. The summed E-state index contributed by atoms with van der Waals surface area (Å²) in [5, 5.41) is 0. The molecule has 0 amide bonds. The van der Waals surface area contributed by atoms with Gasteiger partial charge in [0.15, 0.2) is 0 Å². The highest BCUT2D eigenvalue weighted by atomic mass is 14.7. The predicted molar refractivity (Wildman–Crippen MR) is 94.6 cm³/mol. The molecule has 0 aromatic heterocycles. The molecular weight excluding hydrogens is 268 g/mol. The first-order chi connectivity index (χ1) is 10.6. The van der Waals surface area contributed by atoms with Gasteiger partial charge in [-0.15, -0.1) is 0 Å². The molecule has 4 atom stereocenters. The molecule has 2 heteroatoms. The minimum Gasteiger partial charge on any atom is -0.327 e. The normalized spacial score (nSPS) is 16.7. The van der Waals surface area contributed by atoms with Gasteiger partial charge in [-0.2, -0.15) is 0 Å². The molecule has 0 aliphatic heterocycles. The highest BCUT2D eigenvalue weighted by Gasteiger charge is 2.24. The van der Waals surface area contributed by atoms with E-state index in [0.29, 0.717) is 11.8 Å². The van der Waals surface area contributed by atoms with Gasteiger partial charge in [-0.1, -0.05) is 74.5 Å². The zero-order valence-corrected chi connectivity index (χ0v) is 13.7. The van der Waals surface area contributed by atoms with Gasteiger partial charge in [0, 0.05) is 12.1 Å². The van der Waals surface area contributed by atoms with E-state index in [1.54, 1.807) is 0 Å². The maximum atomic E-state index is 6.43. The number of hydrogen-bond acceptors (Lipinski definition) is 2. The van der Waals surface area contributed by atoms with Gasteiger partial charge in [0.05, 0.1) is 0 Å². The van der Waals surface area contributed by atoms with Crippen LogP contribution in [0.5, 0.6) is 0 Å². The second-order valence-corrected chi connectivity index (χ2v) is 6.43. The van der Waals surface area contributed by atoms with Crippen molar-refractivity contribution in [2.75, 3.05) is 0 Å². The molecule has 4 unspecified atom stereocenters. The van der Waals surface area contributed by atoms with Crippen LogP contribution < -0.4 is 11.5 Å². The maximum absolute atomic E-state index is 6.43. The van der Waals surface area contributed by atoms with E-state index in [1.165, 1.54) is 11.1 Å². The highest BCUT2D eigenvalue weighted by Crippen LogP contribution is 2.21. The molecule has 2 rings (SSSR count). The van der Waals surface area contributed by atoms with Crippen LogP contribution in [0, 0.1) is 11.8 Å². The molecule has 22 heavy (non-hydrogen) atoms. The van der Waals surface area contributed by atoms with Gasteiger partial charge in [-0.05, 0) is 35.8 Å². The van der Waals surface area contributed by atoms with Crippen LogP contribution in [0.25, 0.3) is 0 Å². The maximum Gasteiger partial charge on any atom is 0.0108 e. The molecule has 0 aliphatic rings. The summed E-state index contributed by atoms with van der Waals surface area (Å²) in [7, 11) is 0. The van der Waals surface area contributed by atoms with Gasteiger partial charge in [-0.3, -0.25) is 0 Å². The van der Waals surface area contributed by atoms with E-state index in [-0.39, 0.29) is 12.1 Å². The largest absolute Gasteiger partial charge is 0.327 e. The van der Waals surface area contributed by atoms with E-state index in [1.807, 2.05) is 12.1 Å². The summed E-state index contributed by atoms with van der Waals surface area (Å²) in [6, 6.07) is 21.2. The standard InChI is InChI=1S/C20H28N2/c1-15(19(21)13-17-9-5-3-6-10-17)16(2)20(22)14-18-11-7-4-8-12-18/h3-12,15-16,19-20H,13-14,21-22H2,1-2H3. The Morgan fingerprint density at radius 3 is 1.27 bits per heavy atom. The topological polar surface area (TPSA) is 52.0 Å². The smallest absolute Gasteiger partial charge is 0.0108 e. The number of nitrogens with two attached hydrogens (primary N) is 2. The van der Waals surface area contributed by atoms with Crippen LogP contribution in [-0.2, 0) is 12.8 Å². The van der Waals surface area contributed by atoms with Crippen LogP contribution in [0.15, 0.2) is 60.7 Å². The van der Waals surface area contributed by atoms with E-state index >= 15 is 0 Å². The molecule has 0 bridgehead atoms. The van der Waals surface area contributed by atoms with Crippen molar-refractivity contribution >= 4 is 0 Å². The molecule has 2 nitrogen and oxygen atoms in total. The van der Waals surface area contributed by atoms with Crippen LogP contribution in [-0.4, -0.2) is 12.1 Å². The van der Waals surface area contributed by atoms with Gasteiger partial charge >= 0.3 is 0 Å². The van der Waals surface area contributed by atoms with E-state index in [9.17, 15) is 0 Å². The molecule has 118 valence electrons. The fourth-order valence-corrected chi connectivity index (χ4v) is 2.92. The van der Waals surface area contributed by atoms with Crippen molar-refractivity contribution < 1.29 is 0 Å². The molecule has 0 heterocycles. The van der Waals surface area contributed by atoms with Gasteiger partial charge in [0.2, 0.25) is 0 Å². The molecule has 0 aliphatic carbocycles. The lowest BCUT2D eigenvalue weighted by atomic mass is 9.80. The lowest BCUT2D eigenvalue weighted by Gasteiger charge is -2.30. The van der Waals surface area contributed by atoms with Crippen molar-refractivity contribution in [3.63, 3.8) is 0 Å². The summed E-state index contributed by atoms with van der Waals surface area (Å²) in [5.74, 6) is 0.776. The minimum atomic E-state index is 0.138. The molecule has 0 saturated carbocycles. The Balaban J connectivity index is 1.91. The van der Waals surface area contributed by atoms with Gasteiger partial charge in [0.25, 0.3) is 0 Å². The lowest BCUT2D eigenvalue weighted by molar-refractivity contribution is 0.277. The third-order valence-electron chi connectivity index (χ3n) is 4.81. The van der Waals surface area contributed by atoms with Gasteiger partial charge in [0.1, 0.15) is 0 Å². The number of rotatable bonds is 7. The summed E-state index contributed by atoms with van der Waals surface area (Å²) in [5.41, 5.74) is 15.4. The fourth-order valence-electron chi connectivity index (χ4n) is 2.92. The molecule has 0 saturated heterocycles. The first kappa shape index (κ1) is 16.7. The monoisotopic (exact) mass is 296 g/mol. The quantitative estimate of drug-likeness (QED) is 0.823. The Labute approximate surface area is 134 Å². The van der Waals surface area contributed by atoms with Crippen molar-refractivity contribution in [1.29, 1.82) is 0 Å². The zero-order chi connectivity index (χ0) is 15.9. The van der Waals surface area contributed by atoms with Crippen LogP contribution in [0.1, 0.15) is 25.0 Å². The van der Waals surface area contributed by atoms with E-state index in [4.69, 9.17) is 11.5 Å². The number of hydrogen-bond donors (Lipinski definition) is 2. The summed E-state index contributed by atoms with van der Waals surface area (Å²) in [4.78, 5) is 0. The molecule has 0 radical (unpaired) electrons. The third-order valence-corrected chi connectivity index (χ3v) is 4.81. The Hall–Kier alpha value is -1.64. The van der Waals surface area contributed by atoms with E-state index in [0.717, 1.165) is 12.8 Å². The summed E-state index contributed by atoms with van der Waals surface area (Å²) in [6.07, 6.45) is 1.81. The molecule has 2 aromatic carbocycles. The Morgan fingerprint density at radius 2 is 0.955 bits per heavy atom. The van der Waals surface area contributed by atoms with Gasteiger partial charge in [-0.25, -0.2) is 0 Å². The van der Waals surface area contributed by atoms with Crippen LogP contribution in [0.4, 0.5) is 0 Å². The Bertz CT molecular complexity index is 487. The first-order valence-electron chi connectivity index (χ1n) is 8.17. The zero-order valence-electron chi connectivity index (χ0n) is 13.7. The minimum absolute atomic E-state index is 0.138. The average molecular weight is 296 g/mol. The molecule has 4 N–H and O–H groups in total. The summed E-state index contributed by atoms with van der Waals surface area (Å²) < 4.78 is 0. The van der Waals surface area contributed by atoms with Crippen molar-refractivity contribution in [1.82, 2.24) is 0 Å². The van der Waals surface area contributed by atoms with Crippen molar-refractivity contribution in [3.05, 3.63) is 71.8 Å². The SMILES string of the molecule is CC(C(N)Cc1ccccc1)C(C)C(N)Cc1ccccc1. The fraction of sp³-hybridized carbons (Fsp3) is 0.400.